The SMILES string of the molecule is c1ccc(N2C(c3cccs3)=C(c3ccco3)C(c3ccc[nH]3)=NC2c2ccccn2)cc1. The van der Waals surface area contributed by atoms with Crippen LogP contribution in [0.2, 0.25) is 0 Å². The number of anilines is 1. The van der Waals surface area contributed by atoms with Crippen LogP contribution in [0.25, 0.3) is 11.3 Å². The maximum Gasteiger partial charge on any atom is 0.169 e. The van der Waals surface area contributed by atoms with Crippen molar-refractivity contribution in [3.05, 3.63) is 131 Å². The maximum absolute atomic E-state index is 5.96. The van der Waals surface area contributed by atoms with Crippen molar-refractivity contribution in [3.63, 3.8) is 0 Å². The molecule has 4 aromatic heterocycles. The Bertz CT molecular complexity index is 1390. The van der Waals surface area contributed by atoms with Gasteiger partial charge < -0.3 is 14.3 Å². The van der Waals surface area contributed by atoms with Crippen LogP contribution in [0.5, 0.6) is 0 Å². The lowest BCUT2D eigenvalue weighted by Gasteiger charge is -2.37. The van der Waals surface area contributed by atoms with Gasteiger partial charge in [0.15, 0.2) is 6.17 Å². The van der Waals surface area contributed by atoms with E-state index in [1.807, 2.05) is 73.1 Å². The Labute approximate surface area is 195 Å². The van der Waals surface area contributed by atoms with E-state index in [4.69, 9.17) is 14.4 Å². The van der Waals surface area contributed by atoms with Gasteiger partial charge in [-0.1, -0.05) is 30.3 Å². The third-order valence-corrected chi connectivity index (χ3v) is 6.45. The predicted molar refractivity (Wildman–Crippen MR) is 133 cm³/mol. The van der Waals surface area contributed by atoms with Gasteiger partial charge in [0.05, 0.1) is 39.5 Å². The number of para-hydroxylation sites is 1. The molecule has 0 aliphatic carbocycles. The highest BCUT2D eigenvalue weighted by Crippen LogP contribution is 2.45. The van der Waals surface area contributed by atoms with Crippen LogP contribution in [0.1, 0.15) is 28.2 Å². The van der Waals surface area contributed by atoms with Crippen LogP contribution in [-0.2, 0) is 0 Å². The number of pyridine rings is 1. The third kappa shape index (κ3) is 3.50. The second kappa shape index (κ2) is 8.41. The van der Waals surface area contributed by atoms with Gasteiger partial charge in [0, 0.05) is 18.1 Å². The summed E-state index contributed by atoms with van der Waals surface area (Å²) in [7, 11) is 0. The number of furan rings is 1. The first-order valence-electron chi connectivity index (χ1n) is 10.7. The molecule has 5 aromatic rings. The normalized spacial score (nSPS) is 16.2. The number of nitrogens with one attached hydrogen (secondary N) is 1. The summed E-state index contributed by atoms with van der Waals surface area (Å²) >= 11 is 1.70. The standard InChI is InChI=1S/C27H20N4OS/c1-2-9-19(10-3-1)31-26(23-14-8-18-33-23)24(22-13-7-17-32-22)25(20-12-6-16-28-20)30-27(31)21-11-4-5-15-29-21/h1-18,27-28H. The number of aromatic amines is 1. The Morgan fingerprint density at radius 1 is 0.879 bits per heavy atom. The molecule has 0 amide bonds. The fourth-order valence-corrected chi connectivity index (χ4v) is 4.95. The summed E-state index contributed by atoms with van der Waals surface area (Å²) in [6.45, 7) is 0. The van der Waals surface area contributed by atoms with Crippen LogP contribution in [0.4, 0.5) is 5.69 Å². The Hall–Kier alpha value is -4.16. The molecule has 160 valence electrons. The van der Waals surface area contributed by atoms with Crippen LogP contribution in [0.15, 0.2) is 118 Å². The van der Waals surface area contributed by atoms with Gasteiger partial charge in [-0.2, -0.15) is 0 Å². The monoisotopic (exact) mass is 448 g/mol. The summed E-state index contributed by atoms with van der Waals surface area (Å²) in [5.74, 6) is 0.771. The van der Waals surface area contributed by atoms with Gasteiger partial charge in [0.2, 0.25) is 0 Å². The smallest absolute Gasteiger partial charge is 0.169 e. The van der Waals surface area contributed by atoms with Crippen molar-refractivity contribution in [2.24, 2.45) is 4.99 Å². The van der Waals surface area contributed by atoms with E-state index in [2.05, 4.69) is 39.5 Å². The van der Waals surface area contributed by atoms with E-state index in [0.717, 1.165) is 44.7 Å². The quantitative estimate of drug-likeness (QED) is 0.328. The van der Waals surface area contributed by atoms with Gasteiger partial charge in [-0.05, 0) is 60.0 Å². The van der Waals surface area contributed by atoms with Crippen molar-refractivity contribution in [2.75, 3.05) is 4.90 Å². The summed E-state index contributed by atoms with van der Waals surface area (Å²) in [6.07, 6.45) is 5.10. The van der Waals surface area contributed by atoms with Gasteiger partial charge >= 0.3 is 0 Å². The number of rotatable bonds is 5. The molecule has 0 spiro atoms. The van der Waals surface area contributed by atoms with E-state index in [9.17, 15) is 0 Å². The molecule has 1 unspecified atom stereocenters. The van der Waals surface area contributed by atoms with Gasteiger partial charge in [0.25, 0.3) is 0 Å². The first kappa shape index (κ1) is 19.5. The third-order valence-electron chi connectivity index (χ3n) is 5.57. The number of allylic oxidation sites excluding steroid dienone is 1. The van der Waals surface area contributed by atoms with E-state index in [1.165, 1.54) is 0 Å². The van der Waals surface area contributed by atoms with Crippen LogP contribution >= 0.6 is 11.3 Å². The summed E-state index contributed by atoms with van der Waals surface area (Å²) in [6, 6.07) is 28.5. The lowest BCUT2D eigenvalue weighted by molar-refractivity contribution is 0.554. The molecule has 6 rings (SSSR count). The average Bonchev–Trinajstić information content (AvgIpc) is 3.67. The number of aliphatic imine (C=N–C) groups is 1. The second-order valence-electron chi connectivity index (χ2n) is 7.57. The summed E-state index contributed by atoms with van der Waals surface area (Å²) < 4.78 is 5.96. The predicted octanol–water partition coefficient (Wildman–Crippen LogP) is 6.64. The molecule has 1 aliphatic rings. The summed E-state index contributed by atoms with van der Waals surface area (Å²) in [5, 5.41) is 2.10. The maximum atomic E-state index is 5.96. The van der Waals surface area contributed by atoms with Gasteiger partial charge in [-0.3, -0.25) is 9.98 Å². The Morgan fingerprint density at radius 2 is 1.79 bits per heavy atom. The summed E-state index contributed by atoms with van der Waals surface area (Å²) in [4.78, 5) is 16.7. The van der Waals surface area contributed by atoms with Gasteiger partial charge in [-0.15, -0.1) is 11.3 Å². The molecule has 1 N–H and O–H groups in total. The van der Waals surface area contributed by atoms with Crippen LogP contribution in [-0.4, -0.2) is 15.7 Å². The van der Waals surface area contributed by atoms with Crippen molar-refractivity contribution in [3.8, 4) is 0 Å². The number of H-pyrrole nitrogens is 1. The Morgan fingerprint density at radius 3 is 2.48 bits per heavy atom. The van der Waals surface area contributed by atoms with E-state index >= 15 is 0 Å². The second-order valence-corrected chi connectivity index (χ2v) is 8.52. The molecule has 1 aliphatic heterocycles. The van der Waals surface area contributed by atoms with E-state index in [1.54, 1.807) is 17.6 Å². The highest BCUT2D eigenvalue weighted by Gasteiger charge is 2.36. The highest BCUT2D eigenvalue weighted by molar-refractivity contribution is 7.11. The topological polar surface area (TPSA) is 57.4 Å². The minimum Gasteiger partial charge on any atom is -0.464 e. The molecule has 6 heteroatoms. The molecular weight excluding hydrogens is 428 g/mol. The minimum atomic E-state index is -0.345. The van der Waals surface area contributed by atoms with E-state index in [-0.39, 0.29) is 6.17 Å². The molecule has 1 atom stereocenters. The Kier molecular flexibility index (Phi) is 4.97. The molecule has 5 heterocycles. The first-order valence-corrected chi connectivity index (χ1v) is 11.6. The number of benzene rings is 1. The van der Waals surface area contributed by atoms with Crippen molar-refractivity contribution >= 4 is 34.0 Å². The number of aromatic nitrogens is 2. The summed E-state index contributed by atoms with van der Waals surface area (Å²) in [5.41, 5.74) is 5.68. The van der Waals surface area contributed by atoms with Crippen molar-refractivity contribution in [2.45, 2.75) is 6.17 Å². The van der Waals surface area contributed by atoms with E-state index < -0.39 is 0 Å². The largest absolute Gasteiger partial charge is 0.464 e. The molecule has 1 aromatic carbocycles. The zero-order valence-corrected chi connectivity index (χ0v) is 18.4. The fourth-order valence-electron chi connectivity index (χ4n) is 4.18. The number of nitrogens with zero attached hydrogens (tertiary/aromatic N) is 3. The molecule has 0 radical (unpaired) electrons. The molecule has 0 bridgehead atoms. The molecule has 5 nitrogen and oxygen atoms in total. The number of hydrogen-bond donors (Lipinski definition) is 1. The van der Waals surface area contributed by atoms with Crippen molar-refractivity contribution < 1.29 is 4.42 Å². The Balaban J connectivity index is 1.70. The van der Waals surface area contributed by atoms with Gasteiger partial charge in [0.1, 0.15) is 5.76 Å². The average molecular weight is 449 g/mol. The molecule has 33 heavy (non-hydrogen) atoms. The molecule has 0 saturated carbocycles. The van der Waals surface area contributed by atoms with Crippen molar-refractivity contribution in [1.82, 2.24) is 9.97 Å². The molecule has 0 saturated heterocycles. The molecular formula is C27H20N4OS. The molecule has 0 fully saturated rings. The lowest BCUT2D eigenvalue weighted by Crippen LogP contribution is -2.33. The van der Waals surface area contributed by atoms with Crippen LogP contribution in [0, 0.1) is 0 Å². The van der Waals surface area contributed by atoms with Crippen LogP contribution in [0.3, 0.4) is 0 Å². The lowest BCUT2D eigenvalue weighted by atomic mass is 9.96. The zero-order valence-electron chi connectivity index (χ0n) is 17.6. The fraction of sp³-hybridized carbons (Fsp3) is 0.0370. The zero-order chi connectivity index (χ0) is 22.0. The first-order chi connectivity index (χ1) is 16.4. The minimum absolute atomic E-state index is 0.345. The van der Waals surface area contributed by atoms with E-state index in [0.29, 0.717) is 0 Å². The van der Waals surface area contributed by atoms with Gasteiger partial charge in [-0.25, -0.2) is 0 Å². The van der Waals surface area contributed by atoms with Crippen molar-refractivity contribution in [1.29, 1.82) is 0 Å². The number of hydrogen-bond acceptors (Lipinski definition) is 5. The van der Waals surface area contributed by atoms with Crippen LogP contribution < -0.4 is 4.90 Å². The number of thiophene rings is 1. The highest BCUT2D eigenvalue weighted by atomic mass is 32.1.